The number of hydrogen-bond donors (Lipinski definition) is 3. The molecule has 0 heterocycles. The van der Waals surface area contributed by atoms with Crippen LogP contribution in [0.1, 0.15) is 24.9 Å². The molecule has 0 spiro atoms. The minimum absolute atomic E-state index is 0.0547. The van der Waals surface area contributed by atoms with Gasteiger partial charge in [-0.15, -0.1) is 0 Å². The summed E-state index contributed by atoms with van der Waals surface area (Å²) >= 11 is 3.35. The first kappa shape index (κ1) is 12.7. The topological polar surface area (TPSA) is 79.0 Å². The quantitative estimate of drug-likeness (QED) is 0.583. The van der Waals surface area contributed by atoms with Crippen LogP contribution in [0.5, 0.6) is 0 Å². The van der Waals surface area contributed by atoms with Crippen LogP contribution in [0.4, 0.5) is 0 Å². The Bertz CT molecular complexity index is 389. The zero-order valence-corrected chi connectivity index (χ0v) is 10.5. The smallest absolute Gasteiger partial charge is 0.228 e. The molecule has 0 saturated carbocycles. The number of hydrogen-bond acceptors (Lipinski definition) is 2. The second-order valence-corrected chi connectivity index (χ2v) is 4.46. The van der Waals surface area contributed by atoms with Crippen molar-refractivity contribution < 1.29 is 4.79 Å². The summed E-state index contributed by atoms with van der Waals surface area (Å²) in [5, 5.41) is 9.78. The summed E-state index contributed by atoms with van der Waals surface area (Å²) in [6.45, 7) is 1.89. The average molecular weight is 284 g/mol. The number of nitrogens with two attached hydrogens (primary N) is 1. The summed E-state index contributed by atoms with van der Waals surface area (Å²) in [4.78, 5) is 11.4. The molecule has 1 rings (SSSR count). The summed E-state index contributed by atoms with van der Waals surface area (Å²) in [5.74, 6) is -0.358. The molecule has 0 unspecified atom stereocenters. The Labute approximate surface area is 103 Å². The van der Waals surface area contributed by atoms with Gasteiger partial charge in [0.1, 0.15) is 0 Å². The number of halogens is 1. The highest BCUT2D eigenvalue weighted by Gasteiger charge is 2.09. The van der Waals surface area contributed by atoms with Crippen molar-refractivity contribution in [1.82, 2.24) is 5.32 Å². The van der Waals surface area contributed by atoms with E-state index in [-0.39, 0.29) is 24.2 Å². The van der Waals surface area contributed by atoms with Gasteiger partial charge in [-0.05, 0) is 24.6 Å². The summed E-state index contributed by atoms with van der Waals surface area (Å²) < 4.78 is 0.999. The van der Waals surface area contributed by atoms with Gasteiger partial charge in [0.15, 0.2) is 0 Å². The van der Waals surface area contributed by atoms with E-state index in [0.29, 0.717) is 0 Å². The molecule has 0 aromatic heterocycles. The molecular weight excluding hydrogens is 270 g/mol. The molecule has 16 heavy (non-hydrogen) atoms. The van der Waals surface area contributed by atoms with Gasteiger partial charge >= 0.3 is 0 Å². The van der Waals surface area contributed by atoms with E-state index in [2.05, 4.69) is 21.2 Å². The maximum Gasteiger partial charge on any atom is 0.228 e. The Kier molecular flexibility index (Phi) is 4.49. The normalized spacial score (nSPS) is 11.9. The minimum atomic E-state index is -0.233. The van der Waals surface area contributed by atoms with Crippen molar-refractivity contribution in [2.24, 2.45) is 5.73 Å². The largest absolute Gasteiger partial charge is 0.387 e. The van der Waals surface area contributed by atoms with Gasteiger partial charge < -0.3 is 11.1 Å². The molecule has 4 nitrogen and oxygen atoms in total. The van der Waals surface area contributed by atoms with Gasteiger partial charge in [0.2, 0.25) is 5.91 Å². The first-order valence-corrected chi connectivity index (χ1v) is 5.66. The zero-order chi connectivity index (χ0) is 12.1. The van der Waals surface area contributed by atoms with Crippen molar-refractivity contribution in [3.8, 4) is 0 Å². The van der Waals surface area contributed by atoms with E-state index in [1.54, 1.807) is 0 Å². The number of amidine groups is 1. The molecule has 0 radical (unpaired) electrons. The van der Waals surface area contributed by atoms with E-state index < -0.39 is 0 Å². The van der Waals surface area contributed by atoms with Crippen LogP contribution in [-0.4, -0.2) is 11.7 Å². The SMILES string of the molecule is C[C@@H](NC(=O)CC(=N)N)c1ccc(Br)cc1. The van der Waals surface area contributed by atoms with Crippen LogP contribution in [0.15, 0.2) is 28.7 Å². The van der Waals surface area contributed by atoms with E-state index in [1.165, 1.54) is 0 Å². The second kappa shape index (κ2) is 5.65. The highest BCUT2D eigenvalue weighted by atomic mass is 79.9. The Morgan fingerprint density at radius 3 is 2.56 bits per heavy atom. The van der Waals surface area contributed by atoms with Gasteiger partial charge in [-0.1, -0.05) is 28.1 Å². The van der Waals surface area contributed by atoms with Gasteiger partial charge in [0.25, 0.3) is 0 Å². The average Bonchev–Trinajstić information content (AvgIpc) is 2.16. The summed E-state index contributed by atoms with van der Waals surface area (Å²) in [6, 6.07) is 7.62. The first-order valence-electron chi connectivity index (χ1n) is 4.86. The lowest BCUT2D eigenvalue weighted by Crippen LogP contribution is -2.30. The molecule has 5 heteroatoms. The molecule has 0 saturated heterocycles. The third-order valence-electron chi connectivity index (χ3n) is 2.10. The third kappa shape index (κ3) is 4.02. The second-order valence-electron chi connectivity index (χ2n) is 3.54. The molecule has 4 N–H and O–H groups in total. The van der Waals surface area contributed by atoms with Crippen molar-refractivity contribution in [2.45, 2.75) is 19.4 Å². The lowest BCUT2D eigenvalue weighted by atomic mass is 10.1. The van der Waals surface area contributed by atoms with Crippen molar-refractivity contribution in [3.63, 3.8) is 0 Å². The van der Waals surface area contributed by atoms with E-state index in [0.717, 1.165) is 10.0 Å². The predicted octanol–water partition coefficient (Wildman–Crippen LogP) is 1.95. The molecular formula is C11H14BrN3O. The monoisotopic (exact) mass is 283 g/mol. The number of benzene rings is 1. The van der Waals surface area contributed by atoms with E-state index in [9.17, 15) is 4.79 Å². The summed E-state index contributed by atoms with van der Waals surface area (Å²) in [7, 11) is 0. The fourth-order valence-corrected chi connectivity index (χ4v) is 1.56. The molecule has 1 atom stereocenters. The molecule has 1 aromatic rings. The summed E-state index contributed by atoms with van der Waals surface area (Å²) in [6.07, 6.45) is -0.0547. The summed E-state index contributed by atoms with van der Waals surface area (Å²) in [5.41, 5.74) is 6.16. The molecule has 86 valence electrons. The van der Waals surface area contributed by atoms with E-state index >= 15 is 0 Å². The standard InChI is InChI=1S/C11H14BrN3O/c1-7(15-11(16)6-10(13)14)8-2-4-9(12)5-3-8/h2-5,7H,6H2,1H3,(H3,13,14)(H,15,16)/t7-/m1/s1. The van der Waals surface area contributed by atoms with Gasteiger partial charge in [-0.2, -0.15) is 0 Å². The van der Waals surface area contributed by atoms with Crippen molar-refractivity contribution in [3.05, 3.63) is 34.3 Å². The zero-order valence-electron chi connectivity index (χ0n) is 8.96. The van der Waals surface area contributed by atoms with Crippen molar-refractivity contribution in [1.29, 1.82) is 5.41 Å². The van der Waals surface area contributed by atoms with Crippen molar-refractivity contribution in [2.75, 3.05) is 0 Å². The Hall–Kier alpha value is -1.36. The molecule has 0 bridgehead atoms. The Morgan fingerprint density at radius 1 is 1.50 bits per heavy atom. The fraction of sp³-hybridized carbons (Fsp3) is 0.273. The molecule has 0 aliphatic carbocycles. The van der Waals surface area contributed by atoms with Gasteiger partial charge in [0.05, 0.1) is 18.3 Å². The number of carbonyl (C=O) groups excluding carboxylic acids is 1. The van der Waals surface area contributed by atoms with Crippen molar-refractivity contribution >= 4 is 27.7 Å². The van der Waals surface area contributed by atoms with Crippen LogP contribution in [0, 0.1) is 5.41 Å². The number of carbonyl (C=O) groups is 1. The van der Waals surface area contributed by atoms with Gasteiger partial charge in [-0.3, -0.25) is 10.2 Å². The molecule has 1 aromatic carbocycles. The Morgan fingerprint density at radius 2 is 2.06 bits per heavy atom. The van der Waals surface area contributed by atoms with Crippen LogP contribution in [-0.2, 0) is 4.79 Å². The van der Waals surface area contributed by atoms with Gasteiger partial charge in [-0.25, -0.2) is 0 Å². The molecule has 1 amide bonds. The first-order chi connectivity index (χ1) is 7.49. The van der Waals surface area contributed by atoms with E-state index in [1.807, 2.05) is 31.2 Å². The van der Waals surface area contributed by atoms with E-state index in [4.69, 9.17) is 11.1 Å². The van der Waals surface area contributed by atoms with Crippen LogP contribution in [0.25, 0.3) is 0 Å². The highest BCUT2D eigenvalue weighted by Crippen LogP contribution is 2.16. The molecule has 0 aliphatic rings. The predicted molar refractivity (Wildman–Crippen MR) is 67.2 cm³/mol. The number of rotatable bonds is 4. The Balaban J connectivity index is 2.58. The van der Waals surface area contributed by atoms with Crippen LogP contribution in [0.3, 0.4) is 0 Å². The highest BCUT2D eigenvalue weighted by molar-refractivity contribution is 9.10. The molecule has 0 fully saturated rings. The van der Waals surface area contributed by atoms with Gasteiger partial charge in [0, 0.05) is 4.47 Å². The van der Waals surface area contributed by atoms with Crippen LogP contribution < -0.4 is 11.1 Å². The number of nitrogens with one attached hydrogen (secondary N) is 2. The molecule has 0 aliphatic heterocycles. The third-order valence-corrected chi connectivity index (χ3v) is 2.63. The maximum absolute atomic E-state index is 11.4. The fourth-order valence-electron chi connectivity index (χ4n) is 1.30. The maximum atomic E-state index is 11.4. The van der Waals surface area contributed by atoms with Crippen LogP contribution in [0.2, 0.25) is 0 Å². The lowest BCUT2D eigenvalue weighted by molar-refractivity contribution is -0.120. The van der Waals surface area contributed by atoms with Crippen LogP contribution >= 0.6 is 15.9 Å². The lowest BCUT2D eigenvalue weighted by Gasteiger charge is -2.14. The number of amides is 1. The minimum Gasteiger partial charge on any atom is -0.387 e.